The molecule has 1 aliphatic rings. The van der Waals surface area contributed by atoms with Crippen LogP contribution in [0.2, 0.25) is 0 Å². The monoisotopic (exact) mass is 333 g/mol. The minimum atomic E-state index is 0. The van der Waals surface area contributed by atoms with E-state index in [0.717, 1.165) is 35.7 Å². The summed E-state index contributed by atoms with van der Waals surface area (Å²) < 4.78 is 12.3. The van der Waals surface area contributed by atoms with E-state index in [-0.39, 0.29) is 18.5 Å². The number of ether oxygens (including phenoxy) is 2. The average molecular weight is 334 g/mol. The quantitative estimate of drug-likeness (QED) is 0.897. The fourth-order valence-corrected chi connectivity index (χ4v) is 3.10. The first-order chi connectivity index (χ1) is 10.6. The highest BCUT2D eigenvalue weighted by molar-refractivity contribution is 5.85. The molecule has 1 heterocycles. The molecule has 0 saturated carbocycles. The molecule has 3 nitrogen and oxygen atoms in total. The molecule has 0 fully saturated rings. The summed E-state index contributed by atoms with van der Waals surface area (Å²) >= 11 is 0. The van der Waals surface area contributed by atoms with Crippen LogP contribution in [-0.4, -0.2) is 12.6 Å². The van der Waals surface area contributed by atoms with Crippen molar-refractivity contribution in [2.45, 2.75) is 39.7 Å². The summed E-state index contributed by atoms with van der Waals surface area (Å²) in [6.45, 7) is 6.98. The van der Waals surface area contributed by atoms with E-state index in [1.54, 1.807) is 0 Å². The van der Waals surface area contributed by atoms with Gasteiger partial charge in [-0.2, -0.15) is 0 Å². The lowest BCUT2D eigenvalue weighted by atomic mass is 9.95. The summed E-state index contributed by atoms with van der Waals surface area (Å²) in [5.41, 5.74) is 10.4. The first-order valence-corrected chi connectivity index (χ1v) is 7.84. The van der Waals surface area contributed by atoms with E-state index in [4.69, 9.17) is 15.2 Å². The van der Waals surface area contributed by atoms with Crippen molar-refractivity contribution in [2.75, 3.05) is 6.54 Å². The average Bonchev–Trinajstić information content (AvgIpc) is 2.95. The Hall–Kier alpha value is -1.71. The van der Waals surface area contributed by atoms with Crippen LogP contribution in [0.5, 0.6) is 17.2 Å². The van der Waals surface area contributed by atoms with Crippen molar-refractivity contribution < 1.29 is 9.47 Å². The predicted molar refractivity (Wildman–Crippen MR) is 96.2 cm³/mol. The number of para-hydroxylation sites is 1. The molecule has 124 valence electrons. The molecule has 0 spiro atoms. The second kappa shape index (κ2) is 7.24. The van der Waals surface area contributed by atoms with Crippen LogP contribution in [0, 0.1) is 20.8 Å². The Morgan fingerprint density at radius 3 is 2.43 bits per heavy atom. The Labute approximate surface area is 144 Å². The minimum Gasteiger partial charge on any atom is -0.489 e. The Morgan fingerprint density at radius 2 is 1.78 bits per heavy atom. The number of benzene rings is 2. The predicted octanol–water partition coefficient (Wildman–Crippen LogP) is 4.48. The van der Waals surface area contributed by atoms with Crippen LogP contribution in [0.3, 0.4) is 0 Å². The Bertz CT molecular complexity index is 686. The van der Waals surface area contributed by atoms with Gasteiger partial charge in [0.2, 0.25) is 0 Å². The molecule has 0 aromatic heterocycles. The molecule has 0 unspecified atom stereocenters. The maximum Gasteiger partial charge on any atom is 0.134 e. The fourth-order valence-electron chi connectivity index (χ4n) is 3.10. The highest BCUT2D eigenvalue weighted by Crippen LogP contribution is 2.44. The van der Waals surface area contributed by atoms with E-state index in [2.05, 4.69) is 20.8 Å². The van der Waals surface area contributed by atoms with E-state index < -0.39 is 0 Å². The number of nitrogens with two attached hydrogens (primary N) is 1. The number of halogens is 1. The normalized spacial score (nSPS) is 15.6. The van der Waals surface area contributed by atoms with Crippen molar-refractivity contribution in [1.82, 2.24) is 0 Å². The number of rotatable bonds is 4. The first kappa shape index (κ1) is 17.6. The lowest BCUT2D eigenvalue weighted by Gasteiger charge is -2.17. The molecule has 0 amide bonds. The van der Waals surface area contributed by atoms with Crippen molar-refractivity contribution >= 4 is 12.4 Å². The van der Waals surface area contributed by atoms with Crippen molar-refractivity contribution in [2.24, 2.45) is 5.73 Å². The molecule has 1 atom stereocenters. The van der Waals surface area contributed by atoms with Gasteiger partial charge < -0.3 is 15.2 Å². The molecule has 1 aliphatic heterocycles. The Balaban J connectivity index is 0.00000192. The van der Waals surface area contributed by atoms with Gasteiger partial charge in [-0.25, -0.2) is 0 Å². The molecule has 0 bridgehead atoms. The standard InChI is InChI=1S/C19H23NO2.ClH/c1-12-13(2)19-17(11-16(22-19)9-10-20)14(3)18(12)21-15-7-5-4-6-8-15;/h4-8,16H,9-11,20H2,1-3H3;1H/t16-;/m1./s1. The van der Waals surface area contributed by atoms with Crippen LogP contribution >= 0.6 is 12.4 Å². The Morgan fingerprint density at radius 1 is 1.09 bits per heavy atom. The summed E-state index contributed by atoms with van der Waals surface area (Å²) in [5, 5.41) is 0. The minimum absolute atomic E-state index is 0. The molecule has 2 aromatic carbocycles. The highest BCUT2D eigenvalue weighted by atomic mass is 35.5. The lowest BCUT2D eigenvalue weighted by Crippen LogP contribution is -2.18. The van der Waals surface area contributed by atoms with Gasteiger partial charge in [-0.15, -0.1) is 12.4 Å². The zero-order valence-electron chi connectivity index (χ0n) is 13.9. The third-order valence-electron chi connectivity index (χ3n) is 4.48. The maximum atomic E-state index is 6.16. The number of hydrogen-bond donors (Lipinski definition) is 1. The van der Waals surface area contributed by atoms with Gasteiger partial charge in [0.15, 0.2) is 0 Å². The molecular formula is C19H24ClNO2. The van der Waals surface area contributed by atoms with Gasteiger partial charge in [0.1, 0.15) is 23.4 Å². The topological polar surface area (TPSA) is 44.5 Å². The lowest BCUT2D eigenvalue weighted by molar-refractivity contribution is 0.223. The van der Waals surface area contributed by atoms with Gasteiger partial charge >= 0.3 is 0 Å². The molecule has 0 saturated heterocycles. The van der Waals surface area contributed by atoms with Crippen LogP contribution in [0.15, 0.2) is 30.3 Å². The summed E-state index contributed by atoms with van der Waals surface area (Å²) in [7, 11) is 0. The third kappa shape index (κ3) is 3.31. The SMILES string of the molecule is Cc1c(C)c2c(c(C)c1Oc1ccccc1)C[C@@H](CCN)O2.Cl. The summed E-state index contributed by atoms with van der Waals surface area (Å²) in [6.07, 6.45) is 2.01. The second-order valence-electron chi connectivity index (χ2n) is 5.95. The molecule has 0 radical (unpaired) electrons. The molecule has 4 heteroatoms. The van der Waals surface area contributed by atoms with Crippen molar-refractivity contribution in [3.05, 3.63) is 52.6 Å². The van der Waals surface area contributed by atoms with Crippen LogP contribution in [0.4, 0.5) is 0 Å². The number of hydrogen-bond acceptors (Lipinski definition) is 3. The second-order valence-corrected chi connectivity index (χ2v) is 5.95. The Kier molecular flexibility index (Phi) is 5.55. The molecular weight excluding hydrogens is 310 g/mol. The van der Waals surface area contributed by atoms with Crippen LogP contribution in [-0.2, 0) is 6.42 Å². The maximum absolute atomic E-state index is 6.16. The smallest absolute Gasteiger partial charge is 0.134 e. The molecule has 2 aromatic rings. The molecule has 23 heavy (non-hydrogen) atoms. The zero-order valence-corrected chi connectivity index (χ0v) is 14.7. The van der Waals surface area contributed by atoms with Gasteiger partial charge in [0.25, 0.3) is 0 Å². The van der Waals surface area contributed by atoms with Crippen molar-refractivity contribution in [1.29, 1.82) is 0 Å². The van der Waals surface area contributed by atoms with Crippen LogP contribution < -0.4 is 15.2 Å². The van der Waals surface area contributed by atoms with Gasteiger partial charge in [0, 0.05) is 12.0 Å². The largest absolute Gasteiger partial charge is 0.489 e. The summed E-state index contributed by atoms with van der Waals surface area (Å²) in [4.78, 5) is 0. The van der Waals surface area contributed by atoms with E-state index in [1.807, 2.05) is 30.3 Å². The fraction of sp³-hybridized carbons (Fsp3) is 0.368. The van der Waals surface area contributed by atoms with Gasteiger partial charge in [0.05, 0.1) is 0 Å². The first-order valence-electron chi connectivity index (χ1n) is 7.84. The van der Waals surface area contributed by atoms with E-state index >= 15 is 0 Å². The molecule has 3 rings (SSSR count). The van der Waals surface area contributed by atoms with E-state index in [1.165, 1.54) is 16.7 Å². The van der Waals surface area contributed by atoms with Crippen LogP contribution in [0.25, 0.3) is 0 Å². The summed E-state index contributed by atoms with van der Waals surface area (Å²) in [6, 6.07) is 9.93. The van der Waals surface area contributed by atoms with Gasteiger partial charge in [-0.3, -0.25) is 0 Å². The van der Waals surface area contributed by atoms with Gasteiger partial charge in [-0.05, 0) is 62.6 Å². The van der Waals surface area contributed by atoms with E-state index in [0.29, 0.717) is 6.54 Å². The zero-order chi connectivity index (χ0) is 15.7. The van der Waals surface area contributed by atoms with Crippen molar-refractivity contribution in [3.8, 4) is 17.2 Å². The molecule has 2 N–H and O–H groups in total. The third-order valence-corrected chi connectivity index (χ3v) is 4.48. The van der Waals surface area contributed by atoms with Crippen molar-refractivity contribution in [3.63, 3.8) is 0 Å². The number of fused-ring (bicyclic) bond motifs is 1. The van der Waals surface area contributed by atoms with E-state index in [9.17, 15) is 0 Å². The van der Waals surface area contributed by atoms with Crippen LogP contribution in [0.1, 0.15) is 28.7 Å². The van der Waals surface area contributed by atoms with Gasteiger partial charge in [-0.1, -0.05) is 18.2 Å². The summed E-state index contributed by atoms with van der Waals surface area (Å²) in [5.74, 6) is 2.86. The molecule has 0 aliphatic carbocycles. The highest BCUT2D eigenvalue weighted by Gasteiger charge is 2.29.